The van der Waals surface area contributed by atoms with Crippen molar-refractivity contribution in [3.8, 4) is 22.8 Å². The molecule has 0 radical (unpaired) electrons. The van der Waals surface area contributed by atoms with Crippen LogP contribution in [-0.2, 0) is 4.74 Å². The van der Waals surface area contributed by atoms with E-state index in [-0.39, 0.29) is 23.8 Å². The van der Waals surface area contributed by atoms with Gasteiger partial charge in [0.25, 0.3) is 5.91 Å². The number of amides is 1. The molecule has 3 heterocycles. The first-order valence-corrected chi connectivity index (χ1v) is 12.0. The second kappa shape index (κ2) is 9.14. The van der Waals surface area contributed by atoms with Gasteiger partial charge in [-0.1, -0.05) is 25.1 Å². The first kappa shape index (κ1) is 22.5. The number of fused-ring (bicyclic) bond motifs is 1. The number of aromatic nitrogens is 2. The third-order valence-electron chi connectivity index (χ3n) is 6.65. The summed E-state index contributed by atoms with van der Waals surface area (Å²) in [5.41, 5.74) is 5.41. The lowest BCUT2D eigenvalue weighted by molar-refractivity contribution is 0.0495. The van der Waals surface area contributed by atoms with E-state index in [9.17, 15) is 9.90 Å². The van der Waals surface area contributed by atoms with Gasteiger partial charge in [-0.15, -0.1) is 0 Å². The molecule has 7 heteroatoms. The molecule has 2 aliphatic rings. The number of phenolic OH excluding ortho intramolecular Hbond substituents is 1. The van der Waals surface area contributed by atoms with Crippen molar-refractivity contribution in [3.63, 3.8) is 0 Å². The van der Waals surface area contributed by atoms with Crippen LogP contribution in [0.4, 0.5) is 0 Å². The van der Waals surface area contributed by atoms with Crippen molar-refractivity contribution in [1.82, 2.24) is 15.1 Å². The molecule has 2 aromatic carbocycles. The van der Waals surface area contributed by atoms with Crippen LogP contribution in [0.15, 0.2) is 36.4 Å². The smallest absolute Gasteiger partial charge is 0.273 e. The van der Waals surface area contributed by atoms with Crippen LogP contribution in [0.25, 0.3) is 11.3 Å². The van der Waals surface area contributed by atoms with E-state index < -0.39 is 0 Å². The van der Waals surface area contributed by atoms with Gasteiger partial charge < -0.3 is 19.5 Å². The highest BCUT2D eigenvalue weighted by atomic mass is 16.5. The van der Waals surface area contributed by atoms with Crippen molar-refractivity contribution in [2.24, 2.45) is 0 Å². The van der Waals surface area contributed by atoms with Crippen LogP contribution in [0.3, 0.4) is 0 Å². The fraction of sp³-hybridized carbons (Fsp3) is 0.407. The molecule has 1 amide bonds. The summed E-state index contributed by atoms with van der Waals surface area (Å²) in [4.78, 5) is 15.4. The maximum absolute atomic E-state index is 13.6. The fourth-order valence-corrected chi connectivity index (χ4v) is 5.15. The predicted octanol–water partition coefficient (Wildman–Crippen LogP) is 4.91. The van der Waals surface area contributed by atoms with Crippen molar-refractivity contribution < 1.29 is 19.4 Å². The van der Waals surface area contributed by atoms with Gasteiger partial charge in [-0.3, -0.25) is 9.89 Å². The third-order valence-corrected chi connectivity index (χ3v) is 6.65. The minimum atomic E-state index is -0.333. The summed E-state index contributed by atoms with van der Waals surface area (Å²) in [5.74, 6) is 0.879. The van der Waals surface area contributed by atoms with Crippen molar-refractivity contribution in [1.29, 1.82) is 0 Å². The van der Waals surface area contributed by atoms with Crippen LogP contribution in [0.5, 0.6) is 11.5 Å². The molecular weight excluding hydrogens is 430 g/mol. The Morgan fingerprint density at radius 3 is 2.71 bits per heavy atom. The average molecular weight is 462 g/mol. The summed E-state index contributed by atoms with van der Waals surface area (Å²) in [6.07, 6.45) is 2.91. The molecule has 3 aromatic rings. The second-order valence-corrected chi connectivity index (χ2v) is 9.25. The van der Waals surface area contributed by atoms with Gasteiger partial charge >= 0.3 is 0 Å². The first-order valence-electron chi connectivity index (χ1n) is 12.0. The Hall–Kier alpha value is -3.32. The highest BCUT2D eigenvalue weighted by Crippen LogP contribution is 2.46. The van der Waals surface area contributed by atoms with Gasteiger partial charge in [-0.2, -0.15) is 5.10 Å². The Labute approximate surface area is 199 Å². The zero-order valence-electron chi connectivity index (χ0n) is 19.9. The number of hydrogen-bond donors (Lipinski definition) is 2. The molecule has 2 aliphatic heterocycles. The number of aromatic hydroxyl groups is 1. The number of nitrogens with zero attached hydrogens (tertiary/aromatic N) is 2. The molecular formula is C27H31N3O4. The van der Waals surface area contributed by atoms with Gasteiger partial charge in [0.15, 0.2) is 0 Å². The van der Waals surface area contributed by atoms with Gasteiger partial charge in [0, 0.05) is 24.3 Å². The van der Waals surface area contributed by atoms with Crippen molar-refractivity contribution in [2.45, 2.75) is 52.2 Å². The van der Waals surface area contributed by atoms with Crippen molar-refractivity contribution in [2.75, 3.05) is 19.8 Å². The molecule has 0 bridgehead atoms. The number of rotatable bonds is 7. The monoisotopic (exact) mass is 461 g/mol. The maximum Gasteiger partial charge on any atom is 0.273 e. The summed E-state index contributed by atoms with van der Waals surface area (Å²) in [7, 11) is 0. The van der Waals surface area contributed by atoms with Crippen LogP contribution < -0.4 is 4.74 Å². The number of H-pyrrole nitrogens is 1. The lowest BCUT2D eigenvalue weighted by atomic mass is 9.93. The second-order valence-electron chi connectivity index (χ2n) is 9.25. The number of hydrogen-bond acceptors (Lipinski definition) is 5. The Balaban J connectivity index is 1.60. The van der Waals surface area contributed by atoms with Crippen LogP contribution in [0.1, 0.15) is 65.0 Å². The zero-order chi connectivity index (χ0) is 23.8. The van der Waals surface area contributed by atoms with Crippen LogP contribution in [0.2, 0.25) is 0 Å². The Kier molecular flexibility index (Phi) is 6.04. The number of phenols is 1. The first-order chi connectivity index (χ1) is 16.5. The van der Waals surface area contributed by atoms with E-state index in [4.69, 9.17) is 9.47 Å². The molecule has 0 spiro atoms. The normalized spacial score (nSPS) is 19.6. The minimum absolute atomic E-state index is 0.0218. The van der Waals surface area contributed by atoms with E-state index in [1.54, 1.807) is 6.07 Å². The van der Waals surface area contributed by atoms with E-state index in [2.05, 4.69) is 17.1 Å². The van der Waals surface area contributed by atoms with E-state index >= 15 is 0 Å². The van der Waals surface area contributed by atoms with E-state index in [1.807, 2.05) is 49.1 Å². The molecule has 5 rings (SSSR count). The standard InChI is InChI=1S/C27H31N3O4/c1-4-11-33-19-9-7-18(8-10-19)26-23-24(22-17(3)13-16(2)14-21(22)31)28-29-25(23)27(32)30(26)15-20-6-5-12-34-20/h7-10,13-14,20,26,31H,4-6,11-12,15H2,1-3H3,(H,28,29). The summed E-state index contributed by atoms with van der Waals surface area (Å²) in [6, 6.07) is 11.3. The van der Waals surface area contributed by atoms with E-state index in [0.717, 1.165) is 53.9 Å². The topological polar surface area (TPSA) is 87.7 Å². The Morgan fingerprint density at radius 2 is 2.03 bits per heavy atom. The van der Waals surface area contributed by atoms with E-state index in [1.165, 1.54) is 0 Å². The molecule has 2 unspecified atom stereocenters. The number of aromatic amines is 1. The number of ether oxygens (including phenoxy) is 2. The van der Waals surface area contributed by atoms with Gasteiger partial charge in [-0.05, 0) is 68.0 Å². The van der Waals surface area contributed by atoms with Crippen LogP contribution in [-0.4, -0.2) is 52.0 Å². The maximum atomic E-state index is 13.6. The molecule has 2 N–H and O–H groups in total. The summed E-state index contributed by atoms with van der Waals surface area (Å²) >= 11 is 0. The SMILES string of the molecule is CCCOc1ccc(C2c3c(-c4c(C)cc(C)cc4O)n[nH]c3C(=O)N2CC2CCCO2)cc1. The van der Waals surface area contributed by atoms with E-state index in [0.29, 0.717) is 30.1 Å². The number of aryl methyl sites for hydroxylation is 2. The number of carbonyl (C=O) groups is 1. The van der Waals surface area contributed by atoms with Gasteiger partial charge in [-0.25, -0.2) is 0 Å². The highest BCUT2D eigenvalue weighted by molar-refractivity contribution is 6.00. The summed E-state index contributed by atoms with van der Waals surface area (Å²) in [6.45, 7) is 7.89. The van der Waals surface area contributed by atoms with Crippen molar-refractivity contribution >= 4 is 5.91 Å². The molecule has 7 nitrogen and oxygen atoms in total. The molecule has 0 saturated carbocycles. The Morgan fingerprint density at radius 1 is 1.24 bits per heavy atom. The summed E-state index contributed by atoms with van der Waals surface area (Å²) in [5, 5.41) is 18.3. The molecule has 1 saturated heterocycles. The quantitative estimate of drug-likeness (QED) is 0.522. The minimum Gasteiger partial charge on any atom is -0.507 e. The number of benzene rings is 2. The number of carbonyl (C=O) groups excluding carboxylic acids is 1. The highest BCUT2D eigenvalue weighted by Gasteiger charge is 2.43. The van der Waals surface area contributed by atoms with Crippen LogP contribution in [0, 0.1) is 13.8 Å². The van der Waals surface area contributed by atoms with Gasteiger partial charge in [0.05, 0.1) is 18.8 Å². The average Bonchev–Trinajstić information content (AvgIpc) is 3.53. The lowest BCUT2D eigenvalue weighted by Crippen LogP contribution is -2.36. The van der Waals surface area contributed by atoms with Gasteiger partial charge in [0.1, 0.15) is 22.9 Å². The zero-order valence-corrected chi connectivity index (χ0v) is 19.9. The largest absolute Gasteiger partial charge is 0.507 e. The molecule has 1 aromatic heterocycles. The van der Waals surface area contributed by atoms with Gasteiger partial charge in [0.2, 0.25) is 0 Å². The lowest BCUT2D eigenvalue weighted by Gasteiger charge is -2.28. The molecule has 34 heavy (non-hydrogen) atoms. The van der Waals surface area contributed by atoms with Crippen molar-refractivity contribution in [3.05, 3.63) is 64.3 Å². The molecule has 178 valence electrons. The number of nitrogens with one attached hydrogen (secondary N) is 1. The molecule has 1 fully saturated rings. The van der Waals surface area contributed by atoms with Crippen LogP contribution >= 0.6 is 0 Å². The molecule has 0 aliphatic carbocycles. The third kappa shape index (κ3) is 3.94. The predicted molar refractivity (Wildman–Crippen MR) is 129 cm³/mol. The fourth-order valence-electron chi connectivity index (χ4n) is 5.15. The Bertz CT molecular complexity index is 1170. The molecule has 2 atom stereocenters. The summed E-state index contributed by atoms with van der Waals surface area (Å²) < 4.78 is 11.6.